The van der Waals surface area contributed by atoms with Gasteiger partial charge >= 0.3 is 0 Å². The summed E-state index contributed by atoms with van der Waals surface area (Å²) in [6, 6.07) is 5.29. The molecule has 0 saturated heterocycles. The molecule has 0 saturated carbocycles. The van der Waals surface area contributed by atoms with Crippen LogP contribution in [0.3, 0.4) is 0 Å². The van der Waals surface area contributed by atoms with Crippen LogP contribution in [0.1, 0.15) is 13.8 Å². The summed E-state index contributed by atoms with van der Waals surface area (Å²) in [6.45, 7) is 4.93. The van der Waals surface area contributed by atoms with Crippen LogP contribution in [-0.4, -0.2) is 19.3 Å². The van der Waals surface area contributed by atoms with Gasteiger partial charge in [0.15, 0.2) is 5.75 Å². The van der Waals surface area contributed by atoms with Crippen LogP contribution in [0.4, 0.5) is 5.69 Å². The standard InChI is InChI=1S/C11H16ClNO2/c1-8(2)14-6-7-15-11-9(12)4-3-5-10(11)13/h3-5,8H,6-7,13H2,1-2H3. The van der Waals surface area contributed by atoms with Gasteiger partial charge in [-0.25, -0.2) is 0 Å². The van der Waals surface area contributed by atoms with Crippen molar-refractivity contribution in [1.82, 2.24) is 0 Å². The molecule has 0 aliphatic rings. The Morgan fingerprint density at radius 3 is 2.67 bits per heavy atom. The van der Waals surface area contributed by atoms with E-state index >= 15 is 0 Å². The van der Waals surface area contributed by atoms with E-state index in [4.69, 9.17) is 26.8 Å². The molecule has 1 aromatic carbocycles. The minimum absolute atomic E-state index is 0.206. The number of ether oxygens (including phenoxy) is 2. The fourth-order valence-corrected chi connectivity index (χ4v) is 1.34. The molecule has 1 aromatic rings. The SMILES string of the molecule is CC(C)OCCOc1c(N)cccc1Cl. The van der Waals surface area contributed by atoms with E-state index < -0.39 is 0 Å². The predicted octanol–water partition coefficient (Wildman–Crippen LogP) is 2.73. The van der Waals surface area contributed by atoms with Gasteiger partial charge in [0.1, 0.15) is 6.61 Å². The van der Waals surface area contributed by atoms with E-state index in [9.17, 15) is 0 Å². The summed E-state index contributed by atoms with van der Waals surface area (Å²) in [6.07, 6.45) is 0.206. The summed E-state index contributed by atoms with van der Waals surface area (Å²) in [7, 11) is 0. The highest BCUT2D eigenvalue weighted by molar-refractivity contribution is 6.32. The van der Waals surface area contributed by atoms with Crippen molar-refractivity contribution in [2.45, 2.75) is 20.0 Å². The highest BCUT2D eigenvalue weighted by Gasteiger charge is 2.05. The van der Waals surface area contributed by atoms with Crippen LogP contribution in [0, 0.1) is 0 Å². The first-order valence-electron chi connectivity index (χ1n) is 4.89. The van der Waals surface area contributed by atoms with Gasteiger partial charge in [0.05, 0.1) is 23.4 Å². The zero-order chi connectivity index (χ0) is 11.3. The number of benzene rings is 1. The fraction of sp³-hybridized carbons (Fsp3) is 0.455. The van der Waals surface area contributed by atoms with Gasteiger partial charge in [0, 0.05) is 0 Å². The van der Waals surface area contributed by atoms with Crippen molar-refractivity contribution in [2.24, 2.45) is 0 Å². The van der Waals surface area contributed by atoms with Gasteiger partial charge in [0.2, 0.25) is 0 Å². The second kappa shape index (κ2) is 5.83. The van der Waals surface area contributed by atoms with Gasteiger partial charge in [-0.3, -0.25) is 0 Å². The van der Waals surface area contributed by atoms with Gasteiger partial charge in [-0.15, -0.1) is 0 Å². The van der Waals surface area contributed by atoms with E-state index in [0.717, 1.165) is 0 Å². The molecule has 0 bridgehead atoms. The number of nitrogen functional groups attached to an aromatic ring is 1. The lowest BCUT2D eigenvalue weighted by Crippen LogP contribution is -2.12. The maximum atomic E-state index is 5.93. The van der Waals surface area contributed by atoms with Crippen molar-refractivity contribution in [1.29, 1.82) is 0 Å². The number of nitrogens with two attached hydrogens (primary N) is 1. The fourth-order valence-electron chi connectivity index (χ4n) is 1.11. The molecule has 0 atom stereocenters. The zero-order valence-corrected chi connectivity index (χ0v) is 9.75. The molecule has 0 aromatic heterocycles. The van der Waals surface area contributed by atoms with Crippen molar-refractivity contribution >= 4 is 17.3 Å². The van der Waals surface area contributed by atoms with E-state index in [2.05, 4.69) is 0 Å². The van der Waals surface area contributed by atoms with Crippen molar-refractivity contribution in [3.8, 4) is 5.75 Å². The van der Waals surface area contributed by atoms with Crippen LogP contribution in [0.15, 0.2) is 18.2 Å². The van der Waals surface area contributed by atoms with Crippen LogP contribution in [0.2, 0.25) is 5.02 Å². The Hall–Kier alpha value is -0.930. The van der Waals surface area contributed by atoms with Gasteiger partial charge < -0.3 is 15.2 Å². The second-order valence-electron chi connectivity index (χ2n) is 3.43. The lowest BCUT2D eigenvalue weighted by molar-refractivity contribution is 0.0554. The van der Waals surface area contributed by atoms with Crippen molar-refractivity contribution < 1.29 is 9.47 Å². The average Bonchev–Trinajstić information content (AvgIpc) is 2.15. The number of rotatable bonds is 5. The molecule has 0 aliphatic heterocycles. The molecule has 3 nitrogen and oxygen atoms in total. The number of para-hydroxylation sites is 1. The molecule has 4 heteroatoms. The third-order valence-electron chi connectivity index (χ3n) is 1.78. The van der Waals surface area contributed by atoms with Crippen LogP contribution in [0.5, 0.6) is 5.75 Å². The molecule has 0 spiro atoms. The van der Waals surface area contributed by atoms with E-state index in [0.29, 0.717) is 29.7 Å². The van der Waals surface area contributed by atoms with Crippen LogP contribution < -0.4 is 10.5 Å². The lowest BCUT2D eigenvalue weighted by atomic mass is 10.3. The van der Waals surface area contributed by atoms with Gasteiger partial charge in [-0.2, -0.15) is 0 Å². The molecule has 2 N–H and O–H groups in total. The quantitative estimate of drug-likeness (QED) is 0.624. The summed E-state index contributed by atoms with van der Waals surface area (Å²) >= 11 is 5.93. The molecule has 0 unspecified atom stereocenters. The Kier molecular flexibility index (Phi) is 4.72. The van der Waals surface area contributed by atoms with E-state index in [-0.39, 0.29) is 6.10 Å². The topological polar surface area (TPSA) is 44.5 Å². The minimum atomic E-state index is 0.206. The Balaban J connectivity index is 2.43. The summed E-state index contributed by atoms with van der Waals surface area (Å²) in [5.41, 5.74) is 6.26. The first-order valence-corrected chi connectivity index (χ1v) is 5.27. The molecular weight excluding hydrogens is 214 g/mol. The summed E-state index contributed by atoms with van der Waals surface area (Å²) < 4.78 is 10.8. The van der Waals surface area contributed by atoms with Crippen LogP contribution in [0.25, 0.3) is 0 Å². The molecule has 1 rings (SSSR count). The molecule has 84 valence electrons. The molecular formula is C11H16ClNO2. The first kappa shape index (κ1) is 12.1. The average molecular weight is 230 g/mol. The molecule has 0 radical (unpaired) electrons. The van der Waals surface area contributed by atoms with Gasteiger partial charge in [-0.05, 0) is 26.0 Å². The lowest BCUT2D eigenvalue weighted by Gasteiger charge is -2.11. The highest BCUT2D eigenvalue weighted by atomic mass is 35.5. The van der Waals surface area contributed by atoms with Gasteiger partial charge in [-0.1, -0.05) is 17.7 Å². The Morgan fingerprint density at radius 1 is 1.33 bits per heavy atom. The number of hydrogen-bond donors (Lipinski definition) is 1. The molecule has 0 heterocycles. The molecule has 15 heavy (non-hydrogen) atoms. The first-order chi connectivity index (χ1) is 7.11. The number of halogens is 1. The Morgan fingerprint density at radius 2 is 2.07 bits per heavy atom. The largest absolute Gasteiger partial charge is 0.487 e. The van der Waals surface area contributed by atoms with Crippen LogP contribution >= 0.6 is 11.6 Å². The molecule has 0 aliphatic carbocycles. The second-order valence-corrected chi connectivity index (χ2v) is 3.83. The summed E-state index contributed by atoms with van der Waals surface area (Å²) in [5.74, 6) is 0.534. The van der Waals surface area contributed by atoms with Gasteiger partial charge in [0.25, 0.3) is 0 Å². The molecule has 0 amide bonds. The predicted molar refractivity (Wildman–Crippen MR) is 62.4 cm³/mol. The van der Waals surface area contributed by atoms with E-state index in [1.54, 1.807) is 18.2 Å². The third kappa shape index (κ3) is 3.98. The normalized spacial score (nSPS) is 10.7. The van der Waals surface area contributed by atoms with Crippen molar-refractivity contribution in [2.75, 3.05) is 18.9 Å². The van der Waals surface area contributed by atoms with E-state index in [1.807, 2.05) is 13.8 Å². The number of anilines is 1. The van der Waals surface area contributed by atoms with Crippen molar-refractivity contribution in [3.63, 3.8) is 0 Å². The smallest absolute Gasteiger partial charge is 0.160 e. The summed E-state index contributed by atoms with van der Waals surface area (Å²) in [5, 5.41) is 0.527. The molecule has 0 fully saturated rings. The minimum Gasteiger partial charge on any atom is -0.487 e. The summed E-state index contributed by atoms with van der Waals surface area (Å²) in [4.78, 5) is 0. The van der Waals surface area contributed by atoms with Crippen LogP contribution in [-0.2, 0) is 4.74 Å². The highest BCUT2D eigenvalue weighted by Crippen LogP contribution is 2.30. The zero-order valence-electron chi connectivity index (χ0n) is 9.00. The Labute approximate surface area is 95.1 Å². The monoisotopic (exact) mass is 229 g/mol. The third-order valence-corrected chi connectivity index (χ3v) is 2.08. The number of hydrogen-bond acceptors (Lipinski definition) is 3. The maximum Gasteiger partial charge on any atom is 0.160 e. The van der Waals surface area contributed by atoms with Crippen molar-refractivity contribution in [3.05, 3.63) is 23.2 Å². The van der Waals surface area contributed by atoms with E-state index in [1.165, 1.54) is 0 Å². The Bertz CT molecular complexity index is 295. The maximum absolute atomic E-state index is 5.93.